The van der Waals surface area contributed by atoms with Gasteiger partial charge in [-0.25, -0.2) is 8.42 Å². The van der Waals surface area contributed by atoms with Gasteiger partial charge in [-0.15, -0.1) is 0 Å². The average molecular weight is 495 g/mol. The summed E-state index contributed by atoms with van der Waals surface area (Å²) in [6, 6.07) is 21.8. The molecule has 0 radical (unpaired) electrons. The predicted molar refractivity (Wildman–Crippen MR) is 140 cm³/mol. The normalized spacial score (nSPS) is 11.2. The molecular weight excluding hydrogens is 460 g/mol. The molecule has 35 heavy (non-hydrogen) atoms. The lowest BCUT2D eigenvalue weighted by molar-refractivity contribution is -0.119. The van der Waals surface area contributed by atoms with E-state index in [-0.39, 0.29) is 17.3 Å². The monoisotopic (exact) mass is 494 g/mol. The lowest BCUT2D eigenvalue weighted by Gasteiger charge is -2.25. The Morgan fingerprint density at radius 2 is 1.63 bits per heavy atom. The number of ether oxygens (including phenoxy) is 1. The molecule has 3 aromatic carbocycles. The van der Waals surface area contributed by atoms with E-state index in [1.165, 1.54) is 4.31 Å². The van der Waals surface area contributed by atoms with E-state index in [1.54, 1.807) is 36.4 Å². The zero-order valence-electron chi connectivity index (χ0n) is 20.7. The Morgan fingerprint density at radius 3 is 2.34 bits per heavy atom. The Kier molecular flexibility index (Phi) is 9.32. The number of para-hydroxylation sites is 2. The van der Waals surface area contributed by atoms with Crippen LogP contribution in [0.1, 0.15) is 36.5 Å². The largest absolute Gasteiger partial charge is 0.493 e. The van der Waals surface area contributed by atoms with Gasteiger partial charge >= 0.3 is 0 Å². The summed E-state index contributed by atoms with van der Waals surface area (Å²) in [7, 11) is -3.92. The molecule has 0 fully saturated rings. The highest BCUT2D eigenvalue weighted by molar-refractivity contribution is 7.92. The summed E-state index contributed by atoms with van der Waals surface area (Å²) in [5, 5.41) is 2.88. The second-order valence-electron chi connectivity index (χ2n) is 8.52. The van der Waals surface area contributed by atoms with E-state index in [0.29, 0.717) is 25.3 Å². The molecule has 6 nitrogen and oxygen atoms in total. The second kappa shape index (κ2) is 12.4. The Labute approximate surface area is 209 Å². The van der Waals surface area contributed by atoms with E-state index >= 15 is 0 Å². The molecule has 0 saturated carbocycles. The van der Waals surface area contributed by atoms with Crippen molar-refractivity contribution in [2.24, 2.45) is 0 Å². The fraction of sp³-hybridized carbons (Fsp3) is 0.321. The van der Waals surface area contributed by atoms with Crippen LogP contribution in [0.2, 0.25) is 0 Å². The van der Waals surface area contributed by atoms with Gasteiger partial charge in [0.15, 0.2) is 0 Å². The highest BCUT2D eigenvalue weighted by Gasteiger charge is 2.28. The fourth-order valence-corrected chi connectivity index (χ4v) is 5.22. The van der Waals surface area contributed by atoms with Crippen molar-refractivity contribution in [3.63, 3.8) is 0 Å². The van der Waals surface area contributed by atoms with E-state index in [0.717, 1.165) is 35.3 Å². The molecule has 186 valence electrons. The number of amides is 1. The molecular formula is C28H34N2O4S. The van der Waals surface area contributed by atoms with Crippen molar-refractivity contribution in [1.82, 2.24) is 5.32 Å². The minimum atomic E-state index is -3.92. The van der Waals surface area contributed by atoms with Crippen LogP contribution in [0.4, 0.5) is 5.69 Å². The van der Waals surface area contributed by atoms with E-state index in [4.69, 9.17) is 4.74 Å². The predicted octanol–water partition coefficient (Wildman–Crippen LogP) is 5.04. The number of hydrogen-bond donors (Lipinski definition) is 1. The SMILES string of the molecule is CCCOc1ccccc1CCCNC(=O)CN(c1ccccc1C)S(=O)(=O)c1ccc(C)cc1. The molecule has 0 aliphatic heterocycles. The van der Waals surface area contributed by atoms with Crippen LogP contribution >= 0.6 is 0 Å². The Bertz CT molecular complexity index is 1220. The maximum atomic E-state index is 13.5. The first-order valence-electron chi connectivity index (χ1n) is 12.0. The van der Waals surface area contributed by atoms with Crippen LogP contribution in [0.3, 0.4) is 0 Å². The van der Waals surface area contributed by atoms with E-state index < -0.39 is 10.0 Å². The molecule has 0 aliphatic rings. The summed E-state index contributed by atoms with van der Waals surface area (Å²) in [5.74, 6) is 0.523. The summed E-state index contributed by atoms with van der Waals surface area (Å²) in [5.41, 5.74) is 3.33. The molecule has 0 atom stereocenters. The quantitative estimate of drug-likeness (QED) is 0.358. The third kappa shape index (κ3) is 7.09. The number of carbonyl (C=O) groups excluding carboxylic acids is 1. The molecule has 0 aliphatic carbocycles. The number of hydrogen-bond acceptors (Lipinski definition) is 4. The Hall–Kier alpha value is -3.32. The third-order valence-electron chi connectivity index (χ3n) is 5.66. The maximum Gasteiger partial charge on any atom is 0.264 e. The zero-order chi connectivity index (χ0) is 25.3. The molecule has 7 heteroatoms. The van der Waals surface area contributed by atoms with Gasteiger partial charge in [-0.3, -0.25) is 9.10 Å². The van der Waals surface area contributed by atoms with Crippen molar-refractivity contribution in [2.45, 2.75) is 44.9 Å². The number of nitrogens with one attached hydrogen (secondary N) is 1. The van der Waals surface area contributed by atoms with Gasteiger partial charge in [-0.1, -0.05) is 61.0 Å². The smallest absolute Gasteiger partial charge is 0.264 e. The molecule has 0 unspecified atom stereocenters. The first kappa shape index (κ1) is 26.3. The number of aryl methyl sites for hydroxylation is 3. The van der Waals surface area contributed by atoms with Crippen LogP contribution in [0.25, 0.3) is 0 Å². The Balaban J connectivity index is 1.68. The molecule has 0 aromatic heterocycles. The molecule has 0 saturated heterocycles. The zero-order valence-corrected chi connectivity index (χ0v) is 21.5. The minimum Gasteiger partial charge on any atom is -0.493 e. The van der Waals surface area contributed by atoms with Crippen molar-refractivity contribution in [3.05, 3.63) is 89.5 Å². The van der Waals surface area contributed by atoms with Crippen molar-refractivity contribution < 1.29 is 17.9 Å². The maximum absolute atomic E-state index is 13.5. The lowest BCUT2D eigenvalue weighted by Crippen LogP contribution is -2.41. The standard InChI is InChI=1S/C28H34N2O4S/c1-4-20-34-27-14-8-6-11-24(27)12-9-19-29-28(31)21-30(26-13-7-5-10-23(26)3)35(32,33)25-17-15-22(2)16-18-25/h5-8,10-11,13-18H,4,9,12,19-21H2,1-3H3,(H,29,31). The van der Waals surface area contributed by atoms with Crippen molar-refractivity contribution in [2.75, 3.05) is 24.0 Å². The third-order valence-corrected chi connectivity index (χ3v) is 7.43. The van der Waals surface area contributed by atoms with E-state index in [1.807, 2.05) is 50.2 Å². The average Bonchev–Trinajstić information content (AvgIpc) is 2.85. The number of rotatable bonds is 12. The van der Waals surface area contributed by atoms with Gasteiger partial charge in [0.25, 0.3) is 10.0 Å². The first-order chi connectivity index (χ1) is 16.8. The lowest BCUT2D eigenvalue weighted by atomic mass is 10.1. The highest BCUT2D eigenvalue weighted by Crippen LogP contribution is 2.27. The van der Waals surface area contributed by atoms with Crippen molar-refractivity contribution in [1.29, 1.82) is 0 Å². The van der Waals surface area contributed by atoms with Crippen LogP contribution in [0, 0.1) is 13.8 Å². The number of nitrogens with zero attached hydrogens (tertiary/aromatic N) is 1. The van der Waals surface area contributed by atoms with Gasteiger partial charge in [0, 0.05) is 6.54 Å². The molecule has 0 heterocycles. The van der Waals surface area contributed by atoms with Crippen LogP contribution in [0.5, 0.6) is 5.75 Å². The van der Waals surface area contributed by atoms with Gasteiger partial charge in [0.1, 0.15) is 12.3 Å². The molecule has 1 amide bonds. The van der Waals surface area contributed by atoms with Gasteiger partial charge in [0.05, 0.1) is 17.2 Å². The van der Waals surface area contributed by atoms with Crippen molar-refractivity contribution >= 4 is 21.6 Å². The molecule has 1 N–H and O–H groups in total. The molecule has 0 spiro atoms. The minimum absolute atomic E-state index is 0.155. The van der Waals surface area contributed by atoms with Crippen LogP contribution in [-0.4, -0.2) is 34.0 Å². The fourth-order valence-electron chi connectivity index (χ4n) is 3.74. The number of anilines is 1. The van der Waals surface area contributed by atoms with E-state index in [9.17, 15) is 13.2 Å². The topological polar surface area (TPSA) is 75.7 Å². The molecule has 3 rings (SSSR count). The number of carbonyl (C=O) groups is 1. The van der Waals surface area contributed by atoms with Gasteiger partial charge < -0.3 is 10.1 Å². The molecule has 3 aromatic rings. The second-order valence-corrected chi connectivity index (χ2v) is 10.4. The van der Waals surface area contributed by atoms with Crippen LogP contribution in [0.15, 0.2) is 77.7 Å². The summed E-state index contributed by atoms with van der Waals surface area (Å²) >= 11 is 0. The van der Waals surface area contributed by atoms with E-state index in [2.05, 4.69) is 12.2 Å². The number of benzene rings is 3. The summed E-state index contributed by atoms with van der Waals surface area (Å²) < 4.78 is 34.0. The summed E-state index contributed by atoms with van der Waals surface area (Å²) in [6.07, 6.45) is 2.41. The first-order valence-corrected chi connectivity index (χ1v) is 13.4. The Morgan fingerprint density at radius 1 is 0.943 bits per heavy atom. The van der Waals surface area contributed by atoms with Gasteiger partial charge in [-0.05, 0) is 68.5 Å². The summed E-state index contributed by atoms with van der Waals surface area (Å²) in [4.78, 5) is 13.0. The van der Waals surface area contributed by atoms with Crippen LogP contribution < -0.4 is 14.4 Å². The van der Waals surface area contributed by atoms with Crippen LogP contribution in [-0.2, 0) is 21.2 Å². The highest BCUT2D eigenvalue weighted by atomic mass is 32.2. The van der Waals surface area contributed by atoms with Gasteiger partial charge in [0.2, 0.25) is 5.91 Å². The van der Waals surface area contributed by atoms with Gasteiger partial charge in [-0.2, -0.15) is 0 Å². The van der Waals surface area contributed by atoms with Crippen molar-refractivity contribution in [3.8, 4) is 5.75 Å². The summed E-state index contributed by atoms with van der Waals surface area (Å²) in [6.45, 7) is 6.61. The number of sulfonamides is 1. The molecule has 0 bridgehead atoms.